The van der Waals surface area contributed by atoms with Gasteiger partial charge in [0.15, 0.2) is 5.78 Å². The van der Waals surface area contributed by atoms with Crippen molar-refractivity contribution in [1.29, 1.82) is 0 Å². The van der Waals surface area contributed by atoms with E-state index in [1.54, 1.807) is 18.2 Å². The summed E-state index contributed by atoms with van der Waals surface area (Å²) in [4.78, 5) is 37.6. The standard InChI is InChI=1S/C27H30ClIO5/c1-24-10-8-19(30)15-17(24)6-7-21-20-9-11-27(23(32)33,25(20,2)12-13-26(21,24)28)34-22(31)16-4-3-5-18(29)14-16/h3-5,14-15,20-21H,6-13H2,1-2H3,(H,32,33)/t20-,21-,24-,25-,26+,27-/m0/s1. The number of ether oxygens (including phenoxy) is 1. The van der Waals surface area contributed by atoms with Crippen molar-refractivity contribution in [3.8, 4) is 0 Å². The highest BCUT2D eigenvalue weighted by molar-refractivity contribution is 14.1. The molecule has 0 amide bonds. The Morgan fingerprint density at radius 2 is 1.85 bits per heavy atom. The van der Waals surface area contributed by atoms with Gasteiger partial charge in [-0.3, -0.25) is 4.79 Å². The van der Waals surface area contributed by atoms with Gasteiger partial charge in [0, 0.05) is 20.8 Å². The number of carbonyl (C=O) groups excluding carboxylic acids is 2. The first kappa shape index (κ1) is 24.3. The summed E-state index contributed by atoms with van der Waals surface area (Å²) in [5.74, 6) is -1.32. The Bertz CT molecular complexity index is 1120. The van der Waals surface area contributed by atoms with E-state index in [4.69, 9.17) is 16.3 Å². The van der Waals surface area contributed by atoms with Crippen LogP contribution in [0.15, 0.2) is 35.9 Å². The molecule has 0 radical (unpaired) electrons. The van der Waals surface area contributed by atoms with Crippen molar-refractivity contribution in [2.75, 3.05) is 0 Å². The second-order valence-electron chi connectivity index (χ2n) is 11.1. The fourth-order valence-corrected chi connectivity index (χ4v) is 8.96. The first-order valence-electron chi connectivity index (χ1n) is 12.1. The molecule has 1 aromatic carbocycles. The van der Waals surface area contributed by atoms with Crippen LogP contribution in [0, 0.1) is 26.2 Å². The van der Waals surface area contributed by atoms with Crippen molar-refractivity contribution in [2.45, 2.75) is 75.7 Å². The van der Waals surface area contributed by atoms with Crippen molar-refractivity contribution in [2.24, 2.45) is 22.7 Å². The van der Waals surface area contributed by atoms with Gasteiger partial charge in [-0.1, -0.05) is 25.5 Å². The fourth-order valence-electron chi connectivity index (χ4n) is 7.84. The van der Waals surface area contributed by atoms with Crippen molar-refractivity contribution in [1.82, 2.24) is 0 Å². The van der Waals surface area contributed by atoms with Crippen LogP contribution in [0.1, 0.15) is 75.6 Å². The van der Waals surface area contributed by atoms with Crippen LogP contribution in [0.4, 0.5) is 0 Å². The van der Waals surface area contributed by atoms with E-state index in [1.165, 1.54) is 0 Å². The van der Waals surface area contributed by atoms with Gasteiger partial charge in [0.05, 0.1) is 10.4 Å². The number of carboxylic acids is 1. The third-order valence-electron chi connectivity index (χ3n) is 9.86. The predicted molar refractivity (Wildman–Crippen MR) is 137 cm³/mol. The third kappa shape index (κ3) is 3.19. The van der Waals surface area contributed by atoms with Gasteiger partial charge < -0.3 is 9.84 Å². The summed E-state index contributed by atoms with van der Waals surface area (Å²) < 4.78 is 6.88. The van der Waals surface area contributed by atoms with Crippen LogP contribution in [0.25, 0.3) is 0 Å². The molecule has 3 saturated carbocycles. The minimum Gasteiger partial charge on any atom is -0.478 e. The highest BCUT2D eigenvalue weighted by Crippen LogP contribution is 2.71. The monoisotopic (exact) mass is 596 g/mol. The van der Waals surface area contributed by atoms with Gasteiger partial charge in [-0.2, -0.15) is 0 Å². The largest absolute Gasteiger partial charge is 0.478 e. The Morgan fingerprint density at radius 3 is 2.56 bits per heavy atom. The Morgan fingerprint density at radius 1 is 1.09 bits per heavy atom. The zero-order chi connectivity index (χ0) is 24.5. The lowest BCUT2D eigenvalue weighted by Crippen LogP contribution is -2.64. The quantitative estimate of drug-likeness (QED) is 0.257. The molecule has 0 heterocycles. The van der Waals surface area contributed by atoms with E-state index in [-0.39, 0.29) is 23.0 Å². The number of esters is 1. The summed E-state index contributed by atoms with van der Waals surface area (Å²) in [7, 11) is 0. The zero-order valence-electron chi connectivity index (χ0n) is 19.5. The van der Waals surface area contributed by atoms with Crippen LogP contribution >= 0.6 is 34.2 Å². The Balaban J connectivity index is 1.50. The maximum atomic E-state index is 13.1. The van der Waals surface area contributed by atoms with Crippen LogP contribution < -0.4 is 0 Å². The number of alkyl halides is 1. The fraction of sp³-hybridized carbons (Fsp3) is 0.593. The molecular formula is C27H30ClIO5. The Labute approximate surface area is 218 Å². The van der Waals surface area contributed by atoms with Crippen molar-refractivity contribution in [3.05, 3.63) is 45.0 Å². The van der Waals surface area contributed by atoms with Gasteiger partial charge in [-0.05, 0) is 104 Å². The first-order chi connectivity index (χ1) is 16.0. The Hall–Kier alpha value is -1.41. The summed E-state index contributed by atoms with van der Waals surface area (Å²) in [5.41, 5.74) is -1.02. The van der Waals surface area contributed by atoms with E-state index in [9.17, 15) is 19.5 Å². The molecule has 0 spiro atoms. The highest BCUT2D eigenvalue weighted by atomic mass is 127. The topological polar surface area (TPSA) is 80.7 Å². The molecule has 182 valence electrons. The first-order valence-corrected chi connectivity index (χ1v) is 13.6. The molecule has 4 aliphatic rings. The number of carbonyl (C=O) groups is 3. The van der Waals surface area contributed by atoms with Crippen LogP contribution in [-0.4, -0.2) is 33.3 Å². The van der Waals surface area contributed by atoms with E-state index < -0.39 is 27.8 Å². The van der Waals surface area contributed by atoms with Crippen LogP contribution in [0.5, 0.6) is 0 Å². The van der Waals surface area contributed by atoms with Crippen molar-refractivity contribution < 1.29 is 24.2 Å². The molecule has 0 aliphatic heterocycles. The van der Waals surface area contributed by atoms with Crippen molar-refractivity contribution in [3.63, 3.8) is 0 Å². The predicted octanol–water partition coefficient (Wildman–Crippen LogP) is 6.16. The van der Waals surface area contributed by atoms with Gasteiger partial charge in [-0.25, -0.2) is 9.59 Å². The van der Waals surface area contributed by atoms with E-state index >= 15 is 0 Å². The SMILES string of the molecule is C[C@]12CCC(=O)C=C1CC[C@H]1[C@@H]3CC[C@](OC(=O)c4cccc(I)c4)(C(=O)O)[C@@]3(C)CC[C@@]12Cl. The van der Waals surface area contributed by atoms with Crippen molar-refractivity contribution >= 4 is 51.9 Å². The van der Waals surface area contributed by atoms with Gasteiger partial charge in [0.25, 0.3) is 0 Å². The molecule has 5 rings (SSSR count). The normalized spacial score (nSPS) is 41.1. The molecule has 6 atom stereocenters. The van der Waals surface area contributed by atoms with Gasteiger partial charge in [-0.15, -0.1) is 11.6 Å². The second-order valence-corrected chi connectivity index (χ2v) is 13.0. The number of rotatable bonds is 3. The third-order valence-corrected chi connectivity index (χ3v) is 11.4. The summed E-state index contributed by atoms with van der Waals surface area (Å²) in [6, 6.07) is 7.04. The van der Waals surface area contributed by atoms with Crippen LogP contribution in [0.2, 0.25) is 0 Å². The number of fused-ring (bicyclic) bond motifs is 5. The number of carboxylic acid groups (broad SMARTS) is 1. The molecular weight excluding hydrogens is 567 g/mol. The molecule has 0 aromatic heterocycles. The number of aliphatic carboxylic acids is 1. The van der Waals surface area contributed by atoms with Crippen LogP contribution in [0.3, 0.4) is 0 Å². The number of halogens is 2. The maximum Gasteiger partial charge on any atom is 0.348 e. The molecule has 3 fully saturated rings. The molecule has 0 saturated heterocycles. The van der Waals surface area contributed by atoms with E-state index in [2.05, 4.69) is 29.5 Å². The van der Waals surface area contributed by atoms with Gasteiger partial charge in [0.1, 0.15) is 0 Å². The lowest BCUT2D eigenvalue weighted by molar-refractivity contribution is -0.181. The molecule has 34 heavy (non-hydrogen) atoms. The maximum absolute atomic E-state index is 13.1. The summed E-state index contributed by atoms with van der Waals surface area (Å²) >= 11 is 9.68. The van der Waals surface area contributed by atoms with Gasteiger partial charge >= 0.3 is 11.9 Å². The van der Waals surface area contributed by atoms with E-state index in [0.29, 0.717) is 37.7 Å². The summed E-state index contributed by atoms with van der Waals surface area (Å²) in [6.45, 7) is 4.19. The molecule has 0 unspecified atom stereocenters. The number of hydrogen-bond donors (Lipinski definition) is 1. The van der Waals surface area contributed by atoms with Gasteiger partial charge in [0.2, 0.25) is 5.60 Å². The molecule has 4 aliphatic carbocycles. The number of hydrogen-bond acceptors (Lipinski definition) is 4. The summed E-state index contributed by atoms with van der Waals surface area (Å²) in [5, 5.41) is 10.5. The summed E-state index contributed by atoms with van der Waals surface area (Å²) in [6.07, 6.45) is 6.88. The van der Waals surface area contributed by atoms with E-state index in [1.807, 2.05) is 19.1 Å². The van der Waals surface area contributed by atoms with Crippen LogP contribution in [-0.2, 0) is 14.3 Å². The molecule has 7 heteroatoms. The number of allylic oxidation sites excluding steroid dienone is 1. The number of ketones is 1. The molecule has 0 bridgehead atoms. The second kappa shape index (κ2) is 8.05. The molecule has 5 nitrogen and oxygen atoms in total. The number of benzene rings is 1. The minimum atomic E-state index is -1.58. The van der Waals surface area contributed by atoms with E-state index in [0.717, 1.165) is 28.4 Å². The average molecular weight is 597 g/mol. The minimum absolute atomic E-state index is 0.0366. The lowest BCUT2D eigenvalue weighted by atomic mass is 9.46. The molecule has 1 N–H and O–H groups in total. The smallest absolute Gasteiger partial charge is 0.348 e. The highest BCUT2D eigenvalue weighted by Gasteiger charge is 2.72. The zero-order valence-corrected chi connectivity index (χ0v) is 22.4. The molecule has 1 aromatic rings. The Kier molecular flexibility index (Phi) is 5.75. The lowest BCUT2D eigenvalue weighted by Gasteiger charge is -2.63. The average Bonchev–Trinajstić information content (AvgIpc) is 3.08.